The Morgan fingerprint density at radius 1 is 1.03 bits per heavy atom. The third-order valence-corrected chi connectivity index (χ3v) is 7.78. The number of amides is 1. The molecule has 1 aromatic heterocycles. The molecule has 30 heavy (non-hydrogen) atoms. The molecule has 0 radical (unpaired) electrons. The Morgan fingerprint density at radius 3 is 2.47 bits per heavy atom. The predicted molar refractivity (Wildman–Crippen MR) is 117 cm³/mol. The number of nitrogens with one attached hydrogen (secondary N) is 1. The Labute approximate surface area is 179 Å². The monoisotopic (exact) mass is 442 g/mol. The van der Waals surface area contributed by atoms with Crippen LogP contribution in [0.4, 0.5) is 5.13 Å². The largest absolute Gasteiger partial charge is 0.296 e. The van der Waals surface area contributed by atoms with Gasteiger partial charge >= 0.3 is 0 Å². The van der Waals surface area contributed by atoms with Gasteiger partial charge in [-0.15, -0.1) is 10.2 Å². The van der Waals surface area contributed by atoms with Gasteiger partial charge in [0.25, 0.3) is 5.91 Å². The maximum Gasteiger partial charge on any atom is 0.257 e. The Balaban J connectivity index is 1.45. The van der Waals surface area contributed by atoms with Crippen molar-refractivity contribution in [3.8, 4) is 10.6 Å². The maximum atomic E-state index is 12.7. The van der Waals surface area contributed by atoms with Crippen LogP contribution in [0.1, 0.15) is 35.2 Å². The fraction of sp³-hybridized carbons (Fsp3) is 0.286. The third-order valence-electron chi connectivity index (χ3n) is 4.98. The van der Waals surface area contributed by atoms with Crippen molar-refractivity contribution >= 4 is 32.4 Å². The molecule has 1 amide bonds. The van der Waals surface area contributed by atoms with Gasteiger partial charge in [-0.25, -0.2) is 8.42 Å². The number of sulfonamides is 1. The van der Waals surface area contributed by atoms with E-state index in [0.29, 0.717) is 23.8 Å². The second-order valence-electron chi connectivity index (χ2n) is 7.23. The standard InChI is InChI=1S/C21H22N4O3S2/c1-15-6-5-7-17(14-15)20-23-24-21(29-20)22-19(26)16-8-10-18(11-9-16)30(27,28)25-12-3-2-4-13-25/h5-11,14H,2-4,12-13H2,1H3,(H,22,24,26). The zero-order valence-corrected chi connectivity index (χ0v) is 18.2. The summed E-state index contributed by atoms with van der Waals surface area (Å²) in [6, 6.07) is 13.9. The summed E-state index contributed by atoms with van der Waals surface area (Å²) in [6.45, 7) is 3.10. The fourth-order valence-corrected chi connectivity index (χ4v) is 5.62. The van der Waals surface area contributed by atoms with Crippen molar-refractivity contribution < 1.29 is 13.2 Å². The zero-order valence-electron chi connectivity index (χ0n) is 16.5. The lowest BCUT2D eigenvalue weighted by molar-refractivity contribution is 0.102. The van der Waals surface area contributed by atoms with Gasteiger partial charge in [0.15, 0.2) is 0 Å². The van der Waals surface area contributed by atoms with Crippen molar-refractivity contribution in [2.24, 2.45) is 0 Å². The number of carbonyl (C=O) groups is 1. The van der Waals surface area contributed by atoms with Gasteiger partial charge in [-0.2, -0.15) is 4.31 Å². The molecule has 1 aliphatic heterocycles. The number of hydrogen-bond acceptors (Lipinski definition) is 6. The Bertz CT molecular complexity index is 1150. The third kappa shape index (κ3) is 4.43. The van der Waals surface area contributed by atoms with Crippen molar-refractivity contribution in [3.05, 3.63) is 59.7 Å². The molecule has 0 bridgehead atoms. The Morgan fingerprint density at radius 2 is 1.77 bits per heavy atom. The van der Waals surface area contributed by atoms with Crippen molar-refractivity contribution in [1.82, 2.24) is 14.5 Å². The molecule has 0 atom stereocenters. The molecule has 0 aliphatic carbocycles. The normalized spacial score (nSPS) is 15.1. The average Bonchev–Trinajstić information content (AvgIpc) is 3.23. The summed E-state index contributed by atoms with van der Waals surface area (Å²) < 4.78 is 27.0. The number of aromatic nitrogens is 2. The highest BCUT2D eigenvalue weighted by molar-refractivity contribution is 7.89. The van der Waals surface area contributed by atoms with Crippen LogP contribution in [0.5, 0.6) is 0 Å². The van der Waals surface area contributed by atoms with Gasteiger partial charge in [-0.1, -0.05) is 41.5 Å². The Hall–Kier alpha value is -2.62. The van der Waals surface area contributed by atoms with Crippen molar-refractivity contribution in [3.63, 3.8) is 0 Å². The fourth-order valence-electron chi connectivity index (χ4n) is 3.37. The first-order valence-corrected chi connectivity index (χ1v) is 12.0. The molecule has 4 rings (SSSR count). The van der Waals surface area contributed by atoms with E-state index >= 15 is 0 Å². The first kappa shape index (κ1) is 20.6. The topological polar surface area (TPSA) is 92.3 Å². The molecule has 156 valence electrons. The summed E-state index contributed by atoms with van der Waals surface area (Å²) >= 11 is 1.29. The molecule has 0 unspecified atom stereocenters. The average molecular weight is 443 g/mol. The molecule has 2 aromatic carbocycles. The molecule has 7 nitrogen and oxygen atoms in total. The molecule has 1 saturated heterocycles. The molecule has 3 aromatic rings. The minimum Gasteiger partial charge on any atom is -0.296 e. The van der Waals surface area contributed by atoms with Gasteiger partial charge in [-0.05, 0) is 50.1 Å². The molecule has 1 N–H and O–H groups in total. The van der Waals surface area contributed by atoms with Crippen molar-refractivity contribution in [2.45, 2.75) is 31.1 Å². The van der Waals surface area contributed by atoms with Gasteiger partial charge in [-0.3, -0.25) is 10.1 Å². The molecule has 2 heterocycles. The van der Waals surface area contributed by atoms with E-state index in [1.54, 1.807) is 0 Å². The van der Waals surface area contributed by atoms with E-state index in [1.807, 2.05) is 31.2 Å². The molecule has 1 aliphatic rings. The first-order chi connectivity index (χ1) is 14.4. The molecule has 0 spiro atoms. The van der Waals surface area contributed by atoms with Crippen LogP contribution in [0.2, 0.25) is 0 Å². The lowest BCUT2D eigenvalue weighted by atomic mass is 10.1. The van der Waals surface area contributed by atoms with E-state index in [0.717, 1.165) is 35.4 Å². The minimum atomic E-state index is -3.51. The van der Waals surface area contributed by atoms with Crippen LogP contribution >= 0.6 is 11.3 Å². The number of benzene rings is 2. The van der Waals surface area contributed by atoms with Crippen LogP contribution in [0.25, 0.3) is 10.6 Å². The first-order valence-electron chi connectivity index (χ1n) is 9.75. The van der Waals surface area contributed by atoms with Gasteiger partial charge in [0.05, 0.1) is 4.90 Å². The SMILES string of the molecule is Cc1cccc(-c2nnc(NC(=O)c3ccc(S(=O)(=O)N4CCCCC4)cc3)s2)c1. The molecule has 0 saturated carbocycles. The molecular formula is C21H22N4O3S2. The van der Waals surface area contributed by atoms with Crippen LogP contribution in [0.15, 0.2) is 53.4 Å². The van der Waals surface area contributed by atoms with Crippen LogP contribution in [0, 0.1) is 6.92 Å². The summed E-state index contributed by atoms with van der Waals surface area (Å²) in [6.07, 6.45) is 2.82. The minimum absolute atomic E-state index is 0.207. The molecule has 9 heteroatoms. The quantitative estimate of drug-likeness (QED) is 0.646. The van der Waals surface area contributed by atoms with Crippen LogP contribution in [-0.2, 0) is 10.0 Å². The highest BCUT2D eigenvalue weighted by Crippen LogP contribution is 2.27. The zero-order chi connectivity index (χ0) is 21.1. The number of anilines is 1. The van der Waals surface area contributed by atoms with Crippen molar-refractivity contribution in [2.75, 3.05) is 18.4 Å². The molecule has 1 fully saturated rings. The smallest absolute Gasteiger partial charge is 0.257 e. The van der Waals surface area contributed by atoms with Crippen molar-refractivity contribution in [1.29, 1.82) is 0 Å². The Kier molecular flexibility index (Phi) is 5.94. The van der Waals surface area contributed by atoms with Gasteiger partial charge in [0.2, 0.25) is 15.2 Å². The number of nitrogens with zero attached hydrogens (tertiary/aromatic N) is 3. The van der Waals surface area contributed by atoms with Gasteiger partial charge < -0.3 is 0 Å². The lowest BCUT2D eigenvalue weighted by Crippen LogP contribution is -2.35. The van der Waals surface area contributed by atoms with E-state index in [-0.39, 0.29) is 10.8 Å². The van der Waals surface area contributed by atoms with E-state index in [1.165, 1.54) is 39.9 Å². The number of rotatable bonds is 5. The summed E-state index contributed by atoms with van der Waals surface area (Å²) in [5.41, 5.74) is 2.42. The van der Waals surface area contributed by atoms with Crippen LogP contribution in [-0.4, -0.2) is 41.9 Å². The number of carbonyl (C=O) groups excluding carboxylic acids is 1. The maximum absolute atomic E-state index is 12.7. The van der Waals surface area contributed by atoms with E-state index in [9.17, 15) is 13.2 Å². The second kappa shape index (κ2) is 8.63. The highest BCUT2D eigenvalue weighted by atomic mass is 32.2. The van der Waals surface area contributed by atoms with Crippen LogP contribution < -0.4 is 5.32 Å². The predicted octanol–water partition coefficient (Wildman–Crippen LogP) is 3.94. The highest BCUT2D eigenvalue weighted by Gasteiger charge is 2.26. The van der Waals surface area contributed by atoms with Gasteiger partial charge in [0, 0.05) is 24.2 Å². The van der Waals surface area contributed by atoms with E-state index in [2.05, 4.69) is 15.5 Å². The summed E-state index contributed by atoms with van der Waals surface area (Å²) in [4.78, 5) is 12.8. The number of piperidine rings is 1. The number of aryl methyl sites for hydroxylation is 1. The number of hydrogen-bond donors (Lipinski definition) is 1. The van der Waals surface area contributed by atoms with E-state index < -0.39 is 10.0 Å². The second-order valence-corrected chi connectivity index (χ2v) is 10.1. The van der Waals surface area contributed by atoms with Gasteiger partial charge in [0.1, 0.15) is 5.01 Å². The van der Waals surface area contributed by atoms with Crippen LogP contribution in [0.3, 0.4) is 0 Å². The summed E-state index contributed by atoms with van der Waals surface area (Å²) in [7, 11) is -3.51. The lowest BCUT2D eigenvalue weighted by Gasteiger charge is -2.25. The summed E-state index contributed by atoms with van der Waals surface area (Å²) in [5.74, 6) is -0.358. The van der Waals surface area contributed by atoms with E-state index in [4.69, 9.17) is 0 Å². The summed E-state index contributed by atoms with van der Waals surface area (Å²) in [5, 5.41) is 12.0. The molecular weight excluding hydrogens is 420 g/mol.